The number of anilines is 1. The summed E-state index contributed by atoms with van der Waals surface area (Å²) in [6.45, 7) is 0. The first-order chi connectivity index (χ1) is 16.2. The topological polar surface area (TPSA) is 37.4 Å². The number of nitrogens with zero attached hydrogens (tertiary/aromatic N) is 1. The molecule has 0 saturated carbocycles. The van der Waals surface area contributed by atoms with Crippen molar-refractivity contribution < 1.29 is 9.59 Å². The number of hydrogen-bond donors (Lipinski definition) is 0. The van der Waals surface area contributed by atoms with Gasteiger partial charge >= 0.3 is 0 Å². The van der Waals surface area contributed by atoms with Crippen LogP contribution in [0.3, 0.4) is 0 Å². The van der Waals surface area contributed by atoms with Crippen molar-refractivity contribution in [3.63, 3.8) is 0 Å². The number of para-hydroxylation sites is 1. The lowest BCUT2D eigenvalue weighted by Gasteiger charge is -2.40. The quantitative estimate of drug-likeness (QED) is 0.382. The lowest BCUT2D eigenvalue weighted by molar-refractivity contribution is -0.120. The van der Waals surface area contributed by atoms with Crippen molar-refractivity contribution in [2.75, 3.05) is 11.9 Å². The maximum atomic E-state index is 14.4. The molecule has 0 N–H and O–H groups in total. The molecule has 1 amide bonds. The third kappa shape index (κ3) is 2.50. The van der Waals surface area contributed by atoms with Crippen LogP contribution in [0.5, 0.6) is 0 Å². The standard InChI is InChI=1S/C30H21NO2/c1-31-25-19-11-9-17-23(25)28(32)30(29(31)33)24-18-10-8-16-22(24)26(20-12-4-2-5-13-20)27(30)21-14-6-3-7-15-21/h2-19H,1H3/t30-/m1/s1. The SMILES string of the molecule is CN1C(=O)[C@@]2(C(=O)c3ccccc31)C(c1ccccc1)=C(c1ccccc1)c1ccccc12. The summed E-state index contributed by atoms with van der Waals surface area (Å²) in [5, 5.41) is 0. The number of amides is 1. The molecule has 6 rings (SSSR count). The largest absolute Gasteiger partial charge is 0.313 e. The molecule has 0 saturated heterocycles. The molecule has 33 heavy (non-hydrogen) atoms. The van der Waals surface area contributed by atoms with Gasteiger partial charge in [-0.3, -0.25) is 9.59 Å². The van der Waals surface area contributed by atoms with Gasteiger partial charge in [0, 0.05) is 12.6 Å². The number of hydrogen-bond acceptors (Lipinski definition) is 2. The fourth-order valence-corrected chi connectivity index (χ4v) is 5.43. The molecule has 3 nitrogen and oxygen atoms in total. The van der Waals surface area contributed by atoms with E-state index in [4.69, 9.17) is 0 Å². The van der Waals surface area contributed by atoms with E-state index >= 15 is 0 Å². The number of fused-ring (bicyclic) bond motifs is 3. The Bertz CT molecular complexity index is 1450. The molecule has 1 aliphatic heterocycles. The zero-order valence-electron chi connectivity index (χ0n) is 18.2. The van der Waals surface area contributed by atoms with Crippen LogP contribution in [0.2, 0.25) is 0 Å². The van der Waals surface area contributed by atoms with E-state index in [-0.39, 0.29) is 11.7 Å². The zero-order valence-corrected chi connectivity index (χ0v) is 18.2. The highest BCUT2D eigenvalue weighted by Crippen LogP contribution is 2.57. The molecule has 1 heterocycles. The molecule has 0 aromatic heterocycles. The molecule has 1 aliphatic carbocycles. The highest BCUT2D eigenvalue weighted by molar-refractivity contribution is 6.39. The fraction of sp³-hybridized carbons (Fsp3) is 0.0667. The summed E-state index contributed by atoms with van der Waals surface area (Å²) in [5.41, 5.74) is 5.01. The summed E-state index contributed by atoms with van der Waals surface area (Å²) in [7, 11) is 1.76. The summed E-state index contributed by atoms with van der Waals surface area (Å²) >= 11 is 0. The van der Waals surface area contributed by atoms with Gasteiger partial charge in [-0.2, -0.15) is 0 Å². The third-order valence-corrected chi connectivity index (χ3v) is 6.83. The predicted octanol–water partition coefficient (Wildman–Crippen LogP) is 5.76. The van der Waals surface area contributed by atoms with Gasteiger partial charge in [0.05, 0.1) is 5.69 Å². The van der Waals surface area contributed by atoms with Gasteiger partial charge < -0.3 is 4.90 Å². The average Bonchev–Trinajstić information content (AvgIpc) is 3.19. The van der Waals surface area contributed by atoms with Crippen LogP contribution in [0, 0.1) is 0 Å². The van der Waals surface area contributed by atoms with E-state index in [1.807, 2.05) is 109 Å². The smallest absolute Gasteiger partial charge is 0.249 e. The van der Waals surface area contributed by atoms with Crippen LogP contribution in [0.1, 0.15) is 32.6 Å². The van der Waals surface area contributed by atoms with Crippen LogP contribution >= 0.6 is 0 Å². The Morgan fingerprint density at radius 2 is 1.15 bits per heavy atom. The maximum Gasteiger partial charge on any atom is 0.249 e. The second-order valence-electron chi connectivity index (χ2n) is 8.49. The number of carbonyl (C=O) groups is 2. The molecule has 0 fully saturated rings. The van der Waals surface area contributed by atoms with Crippen LogP contribution in [-0.4, -0.2) is 18.7 Å². The normalized spacial score (nSPS) is 19.1. The number of likely N-dealkylation sites (N-methyl/N-ethyl adjacent to an activating group) is 1. The van der Waals surface area contributed by atoms with Crippen LogP contribution < -0.4 is 4.90 Å². The average molecular weight is 428 g/mol. The predicted molar refractivity (Wildman–Crippen MR) is 131 cm³/mol. The number of Topliss-reactive ketones (excluding diaryl/α,β-unsaturated/α-hetero) is 1. The van der Waals surface area contributed by atoms with Gasteiger partial charge in [0.1, 0.15) is 0 Å². The summed E-state index contributed by atoms with van der Waals surface area (Å²) < 4.78 is 0. The van der Waals surface area contributed by atoms with E-state index in [0.29, 0.717) is 11.3 Å². The van der Waals surface area contributed by atoms with Crippen LogP contribution in [0.25, 0.3) is 11.1 Å². The molecule has 158 valence electrons. The summed E-state index contributed by atoms with van der Waals surface area (Å²) in [6.07, 6.45) is 0. The molecule has 1 atom stereocenters. The van der Waals surface area contributed by atoms with Crippen molar-refractivity contribution in [3.8, 4) is 0 Å². The van der Waals surface area contributed by atoms with E-state index in [2.05, 4.69) is 0 Å². The van der Waals surface area contributed by atoms with E-state index < -0.39 is 5.41 Å². The van der Waals surface area contributed by atoms with Crippen molar-refractivity contribution >= 4 is 28.5 Å². The van der Waals surface area contributed by atoms with Gasteiger partial charge in [-0.05, 0) is 45.5 Å². The fourth-order valence-electron chi connectivity index (χ4n) is 5.43. The number of carbonyl (C=O) groups excluding carboxylic acids is 2. The van der Waals surface area contributed by atoms with E-state index in [9.17, 15) is 9.59 Å². The first kappa shape index (κ1) is 19.4. The number of ketones is 1. The van der Waals surface area contributed by atoms with Gasteiger partial charge in [0.15, 0.2) is 11.2 Å². The Morgan fingerprint density at radius 3 is 1.85 bits per heavy atom. The molecule has 4 aromatic carbocycles. The molecule has 4 aromatic rings. The van der Waals surface area contributed by atoms with Crippen molar-refractivity contribution in [1.29, 1.82) is 0 Å². The minimum Gasteiger partial charge on any atom is -0.313 e. The number of benzene rings is 4. The van der Waals surface area contributed by atoms with Gasteiger partial charge in [0.25, 0.3) is 0 Å². The molecular weight excluding hydrogens is 406 g/mol. The maximum absolute atomic E-state index is 14.4. The Balaban J connectivity index is 1.80. The Labute approximate surface area is 192 Å². The zero-order chi connectivity index (χ0) is 22.6. The summed E-state index contributed by atoms with van der Waals surface area (Å²) in [4.78, 5) is 30.4. The van der Waals surface area contributed by atoms with Gasteiger partial charge in [-0.15, -0.1) is 0 Å². The minimum atomic E-state index is -1.44. The van der Waals surface area contributed by atoms with E-state index in [0.717, 1.165) is 33.4 Å². The summed E-state index contributed by atoms with van der Waals surface area (Å²) in [5.74, 6) is -0.387. The third-order valence-electron chi connectivity index (χ3n) is 6.83. The molecular formula is C30H21NO2. The molecule has 1 spiro atoms. The van der Waals surface area contributed by atoms with Crippen molar-refractivity contribution in [3.05, 3.63) is 137 Å². The van der Waals surface area contributed by atoms with Crippen molar-refractivity contribution in [2.24, 2.45) is 0 Å². The van der Waals surface area contributed by atoms with Crippen LogP contribution in [-0.2, 0) is 10.2 Å². The van der Waals surface area contributed by atoms with Crippen molar-refractivity contribution in [2.45, 2.75) is 5.41 Å². The highest BCUT2D eigenvalue weighted by atomic mass is 16.2. The number of rotatable bonds is 2. The lowest BCUT2D eigenvalue weighted by atomic mass is 9.66. The van der Waals surface area contributed by atoms with Crippen molar-refractivity contribution in [1.82, 2.24) is 0 Å². The second-order valence-corrected chi connectivity index (χ2v) is 8.49. The Kier molecular flexibility index (Phi) is 4.21. The highest BCUT2D eigenvalue weighted by Gasteiger charge is 2.60. The van der Waals surface area contributed by atoms with Gasteiger partial charge in [-0.1, -0.05) is 97.1 Å². The van der Waals surface area contributed by atoms with Crippen LogP contribution in [0.4, 0.5) is 5.69 Å². The first-order valence-electron chi connectivity index (χ1n) is 11.0. The molecule has 2 aliphatic rings. The van der Waals surface area contributed by atoms with Gasteiger partial charge in [0.2, 0.25) is 5.91 Å². The molecule has 0 bridgehead atoms. The van der Waals surface area contributed by atoms with E-state index in [1.54, 1.807) is 11.9 Å². The van der Waals surface area contributed by atoms with Crippen LogP contribution in [0.15, 0.2) is 109 Å². The molecule has 0 unspecified atom stereocenters. The van der Waals surface area contributed by atoms with E-state index in [1.165, 1.54) is 0 Å². The monoisotopic (exact) mass is 427 g/mol. The lowest BCUT2D eigenvalue weighted by Crippen LogP contribution is -2.54. The van der Waals surface area contributed by atoms with Gasteiger partial charge in [-0.25, -0.2) is 0 Å². The first-order valence-corrected chi connectivity index (χ1v) is 11.0. The molecule has 3 heteroatoms. The second kappa shape index (κ2) is 7.14. The Hall–Kier alpha value is -4.24. The Morgan fingerprint density at radius 1 is 0.606 bits per heavy atom. The molecule has 0 radical (unpaired) electrons. The minimum absolute atomic E-state index is 0.168. The summed E-state index contributed by atoms with van der Waals surface area (Å²) in [6, 6.07) is 35.1.